The minimum absolute atomic E-state index is 0.431. The van der Waals surface area contributed by atoms with E-state index in [1.54, 1.807) is 17.5 Å². The molecule has 3 rings (SSSR count). The fourth-order valence-electron chi connectivity index (χ4n) is 1.77. The van der Waals surface area contributed by atoms with Gasteiger partial charge in [-0.2, -0.15) is 0 Å². The maximum Gasteiger partial charge on any atom is 0.239 e. The summed E-state index contributed by atoms with van der Waals surface area (Å²) >= 11 is 3.19. The van der Waals surface area contributed by atoms with Gasteiger partial charge in [0.15, 0.2) is 0 Å². The lowest BCUT2D eigenvalue weighted by Crippen LogP contribution is -2.10. The molecule has 0 aliphatic heterocycles. The van der Waals surface area contributed by atoms with Gasteiger partial charge in [-0.1, -0.05) is 13.0 Å². The van der Waals surface area contributed by atoms with E-state index in [4.69, 9.17) is 5.84 Å². The van der Waals surface area contributed by atoms with Crippen LogP contribution in [0.4, 0.5) is 5.95 Å². The molecule has 0 spiro atoms. The molecule has 0 bridgehead atoms. The van der Waals surface area contributed by atoms with Crippen LogP contribution in [0.1, 0.15) is 11.8 Å². The fraction of sp³-hybridized carbons (Fsp3) is 0.154. The third-order valence-corrected chi connectivity index (χ3v) is 4.85. The summed E-state index contributed by atoms with van der Waals surface area (Å²) in [6.45, 7) is 2.13. The predicted octanol–water partition coefficient (Wildman–Crippen LogP) is 3.09. The van der Waals surface area contributed by atoms with Gasteiger partial charge in [0.2, 0.25) is 5.95 Å². The van der Waals surface area contributed by atoms with Crippen molar-refractivity contribution in [1.82, 2.24) is 15.0 Å². The zero-order chi connectivity index (χ0) is 13.9. The summed E-state index contributed by atoms with van der Waals surface area (Å²) in [7, 11) is 0. The van der Waals surface area contributed by atoms with Crippen molar-refractivity contribution in [2.24, 2.45) is 5.84 Å². The SMILES string of the molecule is CCc1cc2c(Sc3ccccn3)nc(NN)nc2s1. The molecular weight excluding hydrogens is 290 g/mol. The molecule has 0 saturated heterocycles. The van der Waals surface area contributed by atoms with Crippen LogP contribution in [0.25, 0.3) is 10.2 Å². The first-order valence-electron chi connectivity index (χ1n) is 6.16. The van der Waals surface area contributed by atoms with Crippen LogP contribution in [0.2, 0.25) is 0 Å². The number of nitrogens with zero attached hydrogens (tertiary/aromatic N) is 3. The minimum atomic E-state index is 0.431. The predicted molar refractivity (Wildman–Crippen MR) is 83.0 cm³/mol. The summed E-state index contributed by atoms with van der Waals surface area (Å²) < 4.78 is 0. The Hall–Kier alpha value is -1.70. The second kappa shape index (κ2) is 5.74. The van der Waals surface area contributed by atoms with E-state index < -0.39 is 0 Å². The average molecular weight is 303 g/mol. The Labute approximate surface area is 124 Å². The van der Waals surface area contributed by atoms with Gasteiger partial charge in [-0.3, -0.25) is 5.43 Å². The molecule has 7 heteroatoms. The summed E-state index contributed by atoms with van der Waals surface area (Å²) in [6, 6.07) is 7.96. The van der Waals surface area contributed by atoms with E-state index in [0.717, 1.165) is 26.7 Å². The summed E-state index contributed by atoms with van der Waals surface area (Å²) in [6.07, 6.45) is 2.76. The molecular formula is C13H13N5S2. The molecule has 20 heavy (non-hydrogen) atoms. The second-order valence-electron chi connectivity index (χ2n) is 4.05. The van der Waals surface area contributed by atoms with Gasteiger partial charge in [0, 0.05) is 16.5 Å². The van der Waals surface area contributed by atoms with Crippen molar-refractivity contribution < 1.29 is 0 Å². The maximum absolute atomic E-state index is 5.45. The Balaban J connectivity index is 2.09. The van der Waals surface area contributed by atoms with E-state index in [1.807, 2.05) is 18.2 Å². The van der Waals surface area contributed by atoms with Crippen LogP contribution in [0.15, 0.2) is 40.5 Å². The number of nitrogens with one attached hydrogen (secondary N) is 1. The molecule has 3 aromatic heterocycles. The maximum atomic E-state index is 5.45. The van der Waals surface area contributed by atoms with Crippen LogP contribution in [0.3, 0.4) is 0 Å². The zero-order valence-corrected chi connectivity index (χ0v) is 12.5. The van der Waals surface area contributed by atoms with Gasteiger partial charge < -0.3 is 0 Å². The van der Waals surface area contributed by atoms with Crippen LogP contribution in [-0.4, -0.2) is 15.0 Å². The van der Waals surface area contributed by atoms with Crippen LogP contribution < -0.4 is 11.3 Å². The highest BCUT2D eigenvalue weighted by atomic mass is 32.2. The summed E-state index contributed by atoms with van der Waals surface area (Å²) in [5.74, 6) is 5.88. The number of nitrogen functional groups attached to an aromatic ring is 1. The van der Waals surface area contributed by atoms with E-state index in [-0.39, 0.29) is 0 Å². The van der Waals surface area contributed by atoms with E-state index in [9.17, 15) is 0 Å². The molecule has 0 aliphatic rings. The Kier molecular flexibility index (Phi) is 3.81. The Bertz CT molecular complexity index is 726. The lowest BCUT2D eigenvalue weighted by atomic mass is 10.3. The first kappa shape index (κ1) is 13.3. The van der Waals surface area contributed by atoms with E-state index in [0.29, 0.717) is 5.95 Å². The molecule has 5 nitrogen and oxygen atoms in total. The molecule has 0 unspecified atom stereocenters. The molecule has 3 heterocycles. The Morgan fingerprint density at radius 1 is 1.35 bits per heavy atom. The standard InChI is InChI=1S/C13H13N5S2/c1-2-8-7-9-11(19-8)16-13(18-14)17-12(9)20-10-5-3-4-6-15-10/h3-7H,2,14H2,1H3,(H,16,17,18). The van der Waals surface area contributed by atoms with Crippen molar-refractivity contribution >= 4 is 39.3 Å². The number of pyridine rings is 1. The summed E-state index contributed by atoms with van der Waals surface area (Å²) in [5, 5.41) is 2.83. The quantitative estimate of drug-likeness (QED) is 0.438. The normalized spacial score (nSPS) is 10.9. The first-order valence-corrected chi connectivity index (χ1v) is 7.79. The van der Waals surface area contributed by atoms with Crippen LogP contribution in [0.5, 0.6) is 0 Å². The number of nitrogens with two attached hydrogens (primary N) is 1. The Morgan fingerprint density at radius 2 is 2.25 bits per heavy atom. The number of hydrazine groups is 1. The van der Waals surface area contributed by atoms with Crippen molar-refractivity contribution in [2.45, 2.75) is 23.4 Å². The number of aryl methyl sites for hydroxylation is 1. The largest absolute Gasteiger partial charge is 0.292 e. The van der Waals surface area contributed by atoms with Crippen molar-refractivity contribution in [3.8, 4) is 0 Å². The van der Waals surface area contributed by atoms with Gasteiger partial charge >= 0.3 is 0 Å². The van der Waals surface area contributed by atoms with Gasteiger partial charge in [0.1, 0.15) is 14.9 Å². The van der Waals surface area contributed by atoms with E-state index in [2.05, 4.69) is 33.4 Å². The third-order valence-electron chi connectivity index (χ3n) is 2.73. The van der Waals surface area contributed by atoms with E-state index in [1.165, 1.54) is 16.6 Å². The highest BCUT2D eigenvalue weighted by Gasteiger charge is 2.12. The Morgan fingerprint density at radius 3 is 2.95 bits per heavy atom. The molecule has 0 atom stereocenters. The number of fused-ring (bicyclic) bond motifs is 1. The fourth-order valence-corrected chi connectivity index (χ4v) is 3.66. The van der Waals surface area contributed by atoms with Crippen LogP contribution >= 0.6 is 23.1 Å². The molecule has 0 radical (unpaired) electrons. The number of rotatable bonds is 4. The molecule has 3 N–H and O–H groups in total. The number of thiophene rings is 1. The topological polar surface area (TPSA) is 76.7 Å². The van der Waals surface area contributed by atoms with Gasteiger partial charge in [-0.25, -0.2) is 20.8 Å². The van der Waals surface area contributed by atoms with Crippen LogP contribution in [0, 0.1) is 0 Å². The number of hydrogen-bond donors (Lipinski definition) is 2. The molecule has 0 aromatic carbocycles. The minimum Gasteiger partial charge on any atom is -0.292 e. The van der Waals surface area contributed by atoms with Crippen molar-refractivity contribution in [3.63, 3.8) is 0 Å². The summed E-state index contributed by atoms with van der Waals surface area (Å²) in [5.41, 5.74) is 2.52. The van der Waals surface area contributed by atoms with Gasteiger partial charge in [-0.15, -0.1) is 11.3 Å². The zero-order valence-electron chi connectivity index (χ0n) is 10.8. The molecule has 0 amide bonds. The van der Waals surface area contributed by atoms with E-state index >= 15 is 0 Å². The number of aromatic nitrogens is 3. The van der Waals surface area contributed by atoms with Gasteiger partial charge in [0.05, 0.1) is 0 Å². The lowest BCUT2D eigenvalue weighted by Gasteiger charge is -2.04. The average Bonchev–Trinajstić information content (AvgIpc) is 2.91. The third kappa shape index (κ3) is 2.60. The highest BCUT2D eigenvalue weighted by molar-refractivity contribution is 7.99. The molecule has 0 saturated carbocycles. The lowest BCUT2D eigenvalue weighted by molar-refractivity contribution is 1.06. The van der Waals surface area contributed by atoms with Crippen molar-refractivity contribution in [2.75, 3.05) is 5.43 Å². The van der Waals surface area contributed by atoms with Gasteiger partial charge in [0.25, 0.3) is 0 Å². The smallest absolute Gasteiger partial charge is 0.239 e. The summed E-state index contributed by atoms with van der Waals surface area (Å²) in [4.78, 5) is 15.4. The highest BCUT2D eigenvalue weighted by Crippen LogP contribution is 2.35. The molecule has 3 aromatic rings. The molecule has 102 valence electrons. The molecule has 0 aliphatic carbocycles. The monoisotopic (exact) mass is 303 g/mol. The number of anilines is 1. The van der Waals surface area contributed by atoms with Crippen LogP contribution in [-0.2, 0) is 6.42 Å². The van der Waals surface area contributed by atoms with Crippen molar-refractivity contribution in [3.05, 3.63) is 35.3 Å². The van der Waals surface area contributed by atoms with Gasteiger partial charge in [-0.05, 0) is 36.4 Å². The second-order valence-corrected chi connectivity index (χ2v) is 6.18. The van der Waals surface area contributed by atoms with Crippen molar-refractivity contribution in [1.29, 1.82) is 0 Å². The number of hydrogen-bond acceptors (Lipinski definition) is 7. The first-order chi connectivity index (χ1) is 9.80. The molecule has 0 fully saturated rings.